The molecule has 0 fully saturated rings. The minimum absolute atomic E-state index is 0.000970. The van der Waals surface area contributed by atoms with Crippen LogP contribution in [-0.2, 0) is 11.3 Å². The number of oxazole rings is 1. The fraction of sp³-hybridized carbons (Fsp3) is 0.391. The maximum Gasteiger partial charge on any atom is 0.419 e. The molecule has 1 unspecified atom stereocenters. The molecule has 0 saturated carbocycles. The molecule has 3 rings (SSSR count). The molecule has 0 radical (unpaired) electrons. The first kappa shape index (κ1) is 19.9. The molecule has 1 amide bonds. The monoisotopic (exact) mass is 380 g/mol. The van der Waals surface area contributed by atoms with E-state index in [1.54, 1.807) is 10.6 Å². The first-order chi connectivity index (χ1) is 13.3. The van der Waals surface area contributed by atoms with Gasteiger partial charge in [-0.2, -0.15) is 0 Å². The highest BCUT2D eigenvalue weighted by Gasteiger charge is 2.21. The van der Waals surface area contributed by atoms with Gasteiger partial charge >= 0.3 is 5.76 Å². The van der Waals surface area contributed by atoms with Crippen molar-refractivity contribution in [3.8, 4) is 0 Å². The molecule has 1 aromatic heterocycles. The Kier molecular flexibility index (Phi) is 6.02. The summed E-state index contributed by atoms with van der Waals surface area (Å²) in [5.74, 6) is -0.379. The van der Waals surface area contributed by atoms with Crippen LogP contribution in [0.3, 0.4) is 0 Å². The number of amides is 1. The molecule has 0 aliphatic rings. The Morgan fingerprint density at radius 2 is 1.75 bits per heavy atom. The molecule has 2 aromatic carbocycles. The normalized spacial score (nSPS) is 12.8. The minimum Gasteiger partial charge on any atom is -0.408 e. The number of nitrogens with one attached hydrogen (secondary N) is 1. The first-order valence-corrected chi connectivity index (χ1v) is 9.76. The molecule has 0 bridgehead atoms. The van der Waals surface area contributed by atoms with Gasteiger partial charge in [0.15, 0.2) is 5.58 Å². The fourth-order valence-corrected chi connectivity index (χ4v) is 3.44. The van der Waals surface area contributed by atoms with Gasteiger partial charge in [-0.05, 0) is 36.0 Å². The van der Waals surface area contributed by atoms with Crippen molar-refractivity contribution >= 4 is 17.0 Å². The van der Waals surface area contributed by atoms with Gasteiger partial charge in [0, 0.05) is 13.0 Å². The molecule has 1 heterocycles. The maximum atomic E-state index is 12.6. The third kappa shape index (κ3) is 5.12. The zero-order chi connectivity index (χ0) is 20.1. The summed E-state index contributed by atoms with van der Waals surface area (Å²) in [7, 11) is 0. The number of nitrogens with zero attached hydrogens (tertiary/aromatic N) is 1. The molecule has 28 heavy (non-hydrogen) atoms. The average Bonchev–Trinajstić information content (AvgIpc) is 2.96. The number of benzene rings is 2. The van der Waals surface area contributed by atoms with Crippen LogP contribution in [0.25, 0.3) is 11.1 Å². The van der Waals surface area contributed by atoms with E-state index in [1.807, 2.05) is 48.5 Å². The van der Waals surface area contributed by atoms with Crippen LogP contribution in [0.15, 0.2) is 63.8 Å². The van der Waals surface area contributed by atoms with E-state index in [2.05, 4.69) is 26.1 Å². The van der Waals surface area contributed by atoms with Crippen molar-refractivity contribution in [2.24, 2.45) is 5.41 Å². The third-order valence-corrected chi connectivity index (χ3v) is 4.71. The molecule has 5 heteroatoms. The van der Waals surface area contributed by atoms with Crippen LogP contribution >= 0.6 is 0 Å². The van der Waals surface area contributed by atoms with Crippen LogP contribution < -0.4 is 11.1 Å². The van der Waals surface area contributed by atoms with Crippen molar-refractivity contribution in [1.82, 2.24) is 9.88 Å². The van der Waals surface area contributed by atoms with Crippen molar-refractivity contribution in [2.75, 3.05) is 0 Å². The van der Waals surface area contributed by atoms with Gasteiger partial charge in [-0.15, -0.1) is 0 Å². The number of rotatable bonds is 7. The van der Waals surface area contributed by atoms with Gasteiger partial charge in [-0.3, -0.25) is 9.36 Å². The van der Waals surface area contributed by atoms with Gasteiger partial charge in [-0.25, -0.2) is 4.79 Å². The van der Waals surface area contributed by atoms with E-state index < -0.39 is 0 Å². The highest BCUT2D eigenvalue weighted by Crippen LogP contribution is 2.29. The first-order valence-electron chi connectivity index (χ1n) is 9.76. The zero-order valence-corrected chi connectivity index (χ0v) is 16.8. The van der Waals surface area contributed by atoms with Crippen LogP contribution in [-0.4, -0.2) is 10.5 Å². The Bertz CT molecular complexity index is 980. The van der Waals surface area contributed by atoms with Gasteiger partial charge in [0.25, 0.3) is 0 Å². The number of hydrogen-bond acceptors (Lipinski definition) is 3. The smallest absolute Gasteiger partial charge is 0.408 e. The fourth-order valence-electron chi connectivity index (χ4n) is 3.44. The van der Waals surface area contributed by atoms with Gasteiger partial charge in [0.1, 0.15) is 0 Å². The summed E-state index contributed by atoms with van der Waals surface area (Å²) < 4.78 is 6.83. The van der Waals surface area contributed by atoms with Gasteiger partial charge in [0.2, 0.25) is 5.91 Å². The summed E-state index contributed by atoms with van der Waals surface area (Å²) >= 11 is 0. The second kappa shape index (κ2) is 8.46. The Hall–Kier alpha value is -2.82. The molecule has 1 atom stereocenters. The molecule has 0 spiro atoms. The summed E-state index contributed by atoms with van der Waals surface area (Å²) in [6.45, 7) is 6.97. The van der Waals surface area contributed by atoms with E-state index in [1.165, 1.54) is 0 Å². The summed E-state index contributed by atoms with van der Waals surface area (Å²) in [4.78, 5) is 24.6. The zero-order valence-electron chi connectivity index (χ0n) is 16.8. The predicted molar refractivity (Wildman–Crippen MR) is 111 cm³/mol. The molecule has 148 valence electrons. The Morgan fingerprint density at radius 3 is 2.46 bits per heavy atom. The van der Waals surface area contributed by atoms with Crippen LogP contribution in [0.5, 0.6) is 0 Å². The lowest BCUT2D eigenvalue weighted by Gasteiger charge is -2.27. The molecular formula is C23H28N2O3. The molecule has 3 aromatic rings. The highest BCUT2D eigenvalue weighted by atomic mass is 16.4. The van der Waals surface area contributed by atoms with E-state index in [0.717, 1.165) is 17.5 Å². The number of carbonyl (C=O) groups is 1. The molecule has 0 aliphatic heterocycles. The van der Waals surface area contributed by atoms with Crippen LogP contribution in [0.2, 0.25) is 0 Å². The molecule has 5 nitrogen and oxygen atoms in total. The van der Waals surface area contributed by atoms with Crippen molar-refractivity contribution in [1.29, 1.82) is 0 Å². The van der Waals surface area contributed by atoms with E-state index in [9.17, 15) is 9.59 Å². The Morgan fingerprint density at radius 1 is 1.07 bits per heavy atom. The lowest BCUT2D eigenvalue weighted by atomic mass is 9.85. The lowest BCUT2D eigenvalue weighted by Crippen LogP contribution is -2.31. The van der Waals surface area contributed by atoms with E-state index >= 15 is 0 Å². The van der Waals surface area contributed by atoms with Gasteiger partial charge in [0.05, 0.1) is 11.6 Å². The summed E-state index contributed by atoms with van der Waals surface area (Å²) in [5.41, 5.74) is 2.55. The summed E-state index contributed by atoms with van der Waals surface area (Å²) in [5, 5.41) is 3.17. The van der Waals surface area contributed by atoms with Crippen molar-refractivity contribution in [3.63, 3.8) is 0 Å². The summed E-state index contributed by atoms with van der Waals surface area (Å²) in [6.07, 6.45) is 1.79. The molecule has 0 saturated heterocycles. The second-order valence-corrected chi connectivity index (χ2v) is 8.39. The lowest BCUT2D eigenvalue weighted by molar-refractivity contribution is -0.122. The molecule has 1 N–H and O–H groups in total. The Balaban J connectivity index is 1.61. The number of hydrogen-bond donors (Lipinski definition) is 1. The highest BCUT2D eigenvalue weighted by molar-refractivity contribution is 5.76. The van der Waals surface area contributed by atoms with Gasteiger partial charge < -0.3 is 9.73 Å². The Labute approximate surface area is 165 Å². The van der Waals surface area contributed by atoms with E-state index in [4.69, 9.17) is 4.42 Å². The quantitative estimate of drug-likeness (QED) is 0.648. The number of carbonyl (C=O) groups excluding carboxylic acids is 1. The third-order valence-electron chi connectivity index (χ3n) is 4.71. The van der Waals surface area contributed by atoms with Gasteiger partial charge in [-0.1, -0.05) is 63.2 Å². The maximum absolute atomic E-state index is 12.6. The largest absolute Gasteiger partial charge is 0.419 e. The number of para-hydroxylation sites is 2. The number of aromatic nitrogens is 1. The minimum atomic E-state index is -0.378. The van der Waals surface area contributed by atoms with Crippen LogP contribution in [0, 0.1) is 5.41 Å². The molecular weight excluding hydrogens is 352 g/mol. The van der Waals surface area contributed by atoms with Crippen LogP contribution in [0.4, 0.5) is 0 Å². The van der Waals surface area contributed by atoms with Crippen molar-refractivity contribution in [3.05, 3.63) is 70.7 Å². The van der Waals surface area contributed by atoms with E-state index in [0.29, 0.717) is 25.0 Å². The van der Waals surface area contributed by atoms with Crippen molar-refractivity contribution < 1.29 is 9.21 Å². The number of aryl methyl sites for hydroxylation is 1. The second-order valence-electron chi connectivity index (χ2n) is 8.39. The van der Waals surface area contributed by atoms with Crippen molar-refractivity contribution in [2.45, 2.75) is 52.6 Å². The topological polar surface area (TPSA) is 64.2 Å². The SMILES string of the molecule is CC(C)(C)CC(NC(=O)CCCn1c(=O)oc2ccccc21)c1ccccc1. The predicted octanol–water partition coefficient (Wildman–Crippen LogP) is 4.67. The van der Waals surface area contributed by atoms with Crippen LogP contribution in [0.1, 0.15) is 51.6 Å². The summed E-state index contributed by atoms with van der Waals surface area (Å²) in [6, 6.07) is 17.4. The van der Waals surface area contributed by atoms with E-state index in [-0.39, 0.29) is 23.1 Å². The average molecular weight is 380 g/mol. The number of fused-ring (bicyclic) bond motifs is 1. The molecule has 0 aliphatic carbocycles. The standard InChI is InChI=1S/C23H28N2O3/c1-23(2,3)16-18(17-10-5-4-6-11-17)24-21(26)14-9-15-25-19-12-7-8-13-20(19)28-22(25)27/h4-8,10-13,18H,9,14-16H2,1-3H3,(H,24,26).